The lowest BCUT2D eigenvalue weighted by Crippen LogP contribution is -2.27. The first-order chi connectivity index (χ1) is 10.7. The highest BCUT2D eigenvalue weighted by atomic mass is 16.5. The number of aryl methyl sites for hydroxylation is 2. The molecule has 0 spiro atoms. The number of rotatable bonds is 9. The van der Waals surface area contributed by atoms with Gasteiger partial charge in [-0.25, -0.2) is 0 Å². The number of carbonyl (C=O) groups excluding carboxylic acids is 1. The molecule has 0 radical (unpaired) electrons. The Morgan fingerprint density at radius 3 is 2.57 bits per heavy atom. The maximum absolute atomic E-state index is 12.1. The minimum Gasteiger partial charge on any atom is -0.493 e. The molecular formula is C20H30O3. The van der Waals surface area contributed by atoms with Crippen LogP contribution in [0, 0.1) is 19.3 Å². The second kappa shape index (κ2) is 8.76. The van der Waals surface area contributed by atoms with E-state index < -0.39 is 5.41 Å². The number of hydrogen-bond donors (Lipinski definition) is 0. The number of esters is 1. The lowest BCUT2D eigenvalue weighted by molar-refractivity contribution is -0.154. The Morgan fingerprint density at radius 2 is 1.91 bits per heavy atom. The van der Waals surface area contributed by atoms with Crippen molar-refractivity contribution >= 4 is 5.97 Å². The number of ether oxygens (including phenoxy) is 2. The second-order valence-corrected chi connectivity index (χ2v) is 6.95. The van der Waals surface area contributed by atoms with Gasteiger partial charge in [-0.15, -0.1) is 6.58 Å². The van der Waals surface area contributed by atoms with Crippen LogP contribution in [0.5, 0.6) is 5.75 Å². The van der Waals surface area contributed by atoms with E-state index >= 15 is 0 Å². The molecule has 1 rings (SSSR count). The first-order valence-electron chi connectivity index (χ1n) is 8.24. The van der Waals surface area contributed by atoms with Crippen LogP contribution in [0.15, 0.2) is 30.4 Å². The Balaban J connectivity index is 2.36. The third-order valence-electron chi connectivity index (χ3n) is 3.86. The molecule has 3 heteroatoms. The van der Waals surface area contributed by atoms with E-state index in [1.165, 1.54) is 5.56 Å². The summed E-state index contributed by atoms with van der Waals surface area (Å²) in [5.41, 5.74) is 2.86. The maximum Gasteiger partial charge on any atom is 0.311 e. The Morgan fingerprint density at radius 1 is 1.22 bits per heavy atom. The summed E-state index contributed by atoms with van der Waals surface area (Å²) in [5.74, 6) is 0.775. The summed E-state index contributed by atoms with van der Waals surface area (Å²) in [6, 6.07) is 6.19. The molecule has 0 aliphatic carbocycles. The first kappa shape index (κ1) is 19.3. The van der Waals surface area contributed by atoms with Crippen molar-refractivity contribution in [3.63, 3.8) is 0 Å². The molecule has 128 valence electrons. The van der Waals surface area contributed by atoms with E-state index in [4.69, 9.17) is 9.47 Å². The van der Waals surface area contributed by atoms with Gasteiger partial charge >= 0.3 is 5.97 Å². The zero-order valence-corrected chi connectivity index (χ0v) is 15.2. The van der Waals surface area contributed by atoms with Crippen LogP contribution in [0.4, 0.5) is 0 Å². The SMILES string of the molecule is C=C(C)CCOC(=O)C(C)(C)CCCOc1cc(C)ccc1C. The van der Waals surface area contributed by atoms with Crippen molar-refractivity contribution in [2.24, 2.45) is 5.41 Å². The Labute approximate surface area is 140 Å². The minimum absolute atomic E-state index is 0.148. The van der Waals surface area contributed by atoms with Crippen molar-refractivity contribution in [3.05, 3.63) is 41.5 Å². The van der Waals surface area contributed by atoms with Crippen LogP contribution in [-0.2, 0) is 9.53 Å². The Hall–Kier alpha value is -1.77. The highest BCUT2D eigenvalue weighted by molar-refractivity contribution is 5.75. The molecule has 0 atom stereocenters. The van der Waals surface area contributed by atoms with Gasteiger partial charge in [0.25, 0.3) is 0 Å². The average Bonchev–Trinajstić information content (AvgIpc) is 2.46. The summed E-state index contributed by atoms with van der Waals surface area (Å²) in [6.45, 7) is 14.7. The highest BCUT2D eigenvalue weighted by Gasteiger charge is 2.28. The quantitative estimate of drug-likeness (QED) is 0.365. The van der Waals surface area contributed by atoms with Gasteiger partial charge in [0.05, 0.1) is 18.6 Å². The fourth-order valence-electron chi connectivity index (χ4n) is 2.17. The Bertz CT molecular complexity index is 544. The zero-order chi connectivity index (χ0) is 17.5. The lowest BCUT2D eigenvalue weighted by Gasteiger charge is -2.22. The fraction of sp³-hybridized carbons (Fsp3) is 0.550. The van der Waals surface area contributed by atoms with Crippen LogP contribution in [0.25, 0.3) is 0 Å². The molecule has 0 aliphatic heterocycles. The molecule has 0 saturated heterocycles. The van der Waals surface area contributed by atoms with Gasteiger partial charge in [0.1, 0.15) is 5.75 Å². The van der Waals surface area contributed by atoms with Crippen LogP contribution in [-0.4, -0.2) is 19.2 Å². The van der Waals surface area contributed by atoms with Gasteiger partial charge in [-0.2, -0.15) is 0 Å². The van der Waals surface area contributed by atoms with E-state index in [0.717, 1.165) is 36.1 Å². The van der Waals surface area contributed by atoms with Crippen molar-refractivity contribution in [2.45, 2.75) is 53.9 Å². The Kier molecular flexibility index (Phi) is 7.34. The van der Waals surface area contributed by atoms with Crippen molar-refractivity contribution in [1.82, 2.24) is 0 Å². The van der Waals surface area contributed by atoms with E-state index in [1.54, 1.807) is 0 Å². The van der Waals surface area contributed by atoms with Crippen molar-refractivity contribution in [3.8, 4) is 5.75 Å². The third kappa shape index (κ3) is 6.89. The monoisotopic (exact) mass is 318 g/mol. The second-order valence-electron chi connectivity index (χ2n) is 6.95. The fourth-order valence-corrected chi connectivity index (χ4v) is 2.17. The summed E-state index contributed by atoms with van der Waals surface area (Å²) < 4.78 is 11.2. The summed E-state index contributed by atoms with van der Waals surface area (Å²) in [5, 5.41) is 0. The molecule has 0 unspecified atom stereocenters. The molecule has 0 heterocycles. The zero-order valence-electron chi connectivity index (χ0n) is 15.2. The van der Waals surface area contributed by atoms with Crippen LogP contribution in [0.1, 0.15) is 51.2 Å². The molecule has 0 bridgehead atoms. The molecule has 0 N–H and O–H groups in total. The smallest absolute Gasteiger partial charge is 0.311 e. The van der Waals surface area contributed by atoms with Gasteiger partial charge in [-0.05, 0) is 64.7 Å². The molecule has 0 saturated carbocycles. The van der Waals surface area contributed by atoms with Crippen LogP contribution in [0.2, 0.25) is 0 Å². The lowest BCUT2D eigenvalue weighted by atomic mass is 9.88. The molecule has 1 aromatic carbocycles. The standard InChI is InChI=1S/C20H30O3/c1-15(2)10-13-23-19(21)20(5,6)11-7-12-22-18-14-16(3)8-9-17(18)4/h8-9,14H,1,7,10-13H2,2-6H3. The molecule has 0 amide bonds. The van der Waals surface area contributed by atoms with E-state index in [9.17, 15) is 4.79 Å². The molecule has 1 aromatic rings. The topological polar surface area (TPSA) is 35.5 Å². The van der Waals surface area contributed by atoms with E-state index in [2.05, 4.69) is 25.6 Å². The predicted octanol–water partition coefficient (Wildman–Crippen LogP) is 5.00. The van der Waals surface area contributed by atoms with E-state index in [1.807, 2.05) is 33.8 Å². The van der Waals surface area contributed by atoms with Crippen molar-refractivity contribution in [1.29, 1.82) is 0 Å². The first-order valence-corrected chi connectivity index (χ1v) is 8.24. The third-order valence-corrected chi connectivity index (χ3v) is 3.86. The summed E-state index contributed by atoms with van der Waals surface area (Å²) in [6.07, 6.45) is 2.28. The molecule has 0 aromatic heterocycles. The van der Waals surface area contributed by atoms with E-state index in [-0.39, 0.29) is 5.97 Å². The van der Waals surface area contributed by atoms with Gasteiger partial charge in [-0.1, -0.05) is 17.7 Å². The van der Waals surface area contributed by atoms with Crippen LogP contribution < -0.4 is 4.74 Å². The number of carbonyl (C=O) groups is 1. The van der Waals surface area contributed by atoms with Crippen molar-refractivity contribution < 1.29 is 14.3 Å². The molecule has 0 aliphatic rings. The van der Waals surface area contributed by atoms with Crippen LogP contribution in [0.3, 0.4) is 0 Å². The van der Waals surface area contributed by atoms with Crippen LogP contribution >= 0.6 is 0 Å². The highest BCUT2D eigenvalue weighted by Crippen LogP contribution is 2.25. The summed E-state index contributed by atoms with van der Waals surface area (Å²) >= 11 is 0. The maximum atomic E-state index is 12.1. The van der Waals surface area contributed by atoms with Gasteiger partial charge in [-0.3, -0.25) is 4.79 Å². The van der Waals surface area contributed by atoms with Gasteiger partial charge in [0.15, 0.2) is 0 Å². The predicted molar refractivity (Wildman–Crippen MR) is 94.8 cm³/mol. The van der Waals surface area contributed by atoms with Gasteiger partial charge < -0.3 is 9.47 Å². The van der Waals surface area contributed by atoms with Gasteiger partial charge in [0, 0.05) is 6.42 Å². The number of hydrogen-bond acceptors (Lipinski definition) is 3. The number of benzene rings is 1. The average molecular weight is 318 g/mol. The summed E-state index contributed by atoms with van der Waals surface area (Å²) in [7, 11) is 0. The molecule has 3 nitrogen and oxygen atoms in total. The van der Waals surface area contributed by atoms with Crippen molar-refractivity contribution in [2.75, 3.05) is 13.2 Å². The molecular weight excluding hydrogens is 288 g/mol. The summed E-state index contributed by atoms with van der Waals surface area (Å²) in [4.78, 5) is 12.1. The molecule has 0 fully saturated rings. The van der Waals surface area contributed by atoms with E-state index in [0.29, 0.717) is 13.2 Å². The largest absolute Gasteiger partial charge is 0.493 e. The normalized spacial score (nSPS) is 11.2. The van der Waals surface area contributed by atoms with Gasteiger partial charge in [0.2, 0.25) is 0 Å². The minimum atomic E-state index is -0.486. The molecule has 23 heavy (non-hydrogen) atoms.